The smallest absolute Gasteiger partial charge is 0.190 e. The van der Waals surface area contributed by atoms with Crippen molar-refractivity contribution >= 4 is 29.9 Å². The van der Waals surface area contributed by atoms with Crippen LogP contribution >= 0.6 is 24.0 Å². The number of methoxy groups -OCH3 is 1. The Morgan fingerprint density at radius 3 is 2.47 bits per heavy atom. The number of nitrogens with zero attached hydrogens (tertiary/aromatic N) is 3. The first kappa shape index (κ1) is 25.7. The number of hydrogen-bond donors (Lipinski definition) is 2. The number of aromatic nitrogens is 2. The molecule has 0 radical (unpaired) electrons. The minimum Gasteiger partial charge on any atom is -0.497 e. The fraction of sp³-hybridized carbons (Fsp3) is 0.360. The summed E-state index contributed by atoms with van der Waals surface area (Å²) in [5, 5.41) is 6.81. The van der Waals surface area contributed by atoms with Gasteiger partial charge >= 0.3 is 0 Å². The Balaban J connectivity index is 0.00000363. The third-order valence-electron chi connectivity index (χ3n) is 5.42. The van der Waals surface area contributed by atoms with Gasteiger partial charge in [0.25, 0.3) is 0 Å². The summed E-state index contributed by atoms with van der Waals surface area (Å²) in [5.74, 6) is 3.24. The van der Waals surface area contributed by atoms with E-state index in [4.69, 9.17) is 4.74 Å². The molecule has 172 valence electrons. The van der Waals surface area contributed by atoms with E-state index in [1.807, 2.05) is 30.6 Å². The molecule has 3 aromatic rings. The zero-order valence-electron chi connectivity index (χ0n) is 19.1. The van der Waals surface area contributed by atoms with E-state index in [9.17, 15) is 0 Å². The van der Waals surface area contributed by atoms with Crippen molar-refractivity contribution in [2.45, 2.75) is 32.2 Å². The monoisotopic (exact) mass is 547 g/mol. The Hall–Kier alpha value is -2.55. The third-order valence-corrected chi connectivity index (χ3v) is 5.42. The van der Waals surface area contributed by atoms with Gasteiger partial charge in [-0.25, -0.2) is 4.98 Å². The van der Waals surface area contributed by atoms with Gasteiger partial charge < -0.3 is 19.9 Å². The molecule has 1 aromatic heterocycles. The van der Waals surface area contributed by atoms with Crippen LogP contribution in [0.2, 0.25) is 0 Å². The first-order valence-corrected chi connectivity index (χ1v) is 10.8. The van der Waals surface area contributed by atoms with E-state index >= 15 is 0 Å². The first-order valence-electron chi connectivity index (χ1n) is 10.8. The Bertz CT molecular complexity index is 940. The van der Waals surface area contributed by atoms with Gasteiger partial charge in [0.05, 0.1) is 7.11 Å². The molecule has 0 saturated heterocycles. The van der Waals surface area contributed by atoms with Crippen LogP contribution in [-0.4, -0.2) is 42.8 Å². The van der Waals surface area contributed by atoms with E-state index in [0.717, 1.165) is 50.0 Å². The van der Waals surface area contributed by atoms with Gasteiger partial charge in [-0.3, -0.25) is 4.99 Å². The lowest BCUT2D eigenvalue weighted by molar-refractivity contribution is 0.414. The highest BCUT2D eigenvalue weighted by molar-refractivity contribution is 14.0. The van der Waals surface area contributed by atoms with E-state index in [2.05, 4.69) is 68.5 Å². The molecule has 0 aliphatic heterocycles. The van der Waals surface area contributed by atoms with Gasteiger partial charge in [0.1, 0.15) is 11.6 Å². The predicted molar refractivity (Wildman–Crippen MR) is 142 cm³/mol. The van der Waals surface area contributed by atoms with Gasteiger partial charge in [-0.1, -0.05) is 49.4 Å². The number of imidazole rings is 1. The molecule has 7 heteroatoms. The van der Waals surface area contributed by atoms with Crippen LogP contribution in [-0.2, 0) is 13.0 Å². The molecular formula is C25H34IN5O. The number of nitrogens with one attached hydrogen (secondary N) is 2. The summed E-state index contributed by atoms with van der Waals surface area (Å²) in [5.41, 5.74) is 2.59. The van der Waals surface area contributed by atoms with Crippen LogP contribution < -0.4 is 15.4 Å². The molecule has 32 heavy (non-hydrogen) atoms. The summed E-state index contributed by atoms with van der Waals surface area (Å²) < 4.78 is 7.43. The highest BCUT2D eigenvalue weighted by Crippen LogP contribution is 2.21. The Labute approximate surface area is 208 Å². The zero-order valence-corrected chi connectivity index (χ0v) is 21.5. The van der Waals surface area contributed by atoms with Gasteiger partial charge in [0.15, 0.2) is 5.96 Å². The number of halogens is 1. The first-order chi connectivity index (χ1) is 15.2. The maximum atomic E-state index is 5.24. The molecule has 2 N–H and O–H groups in total. The van der Waals surface area contributed by atoms with E-state index in [-0.39, 0.29) is 24.0 Å². The lowest BCUT2D eigenvalue weighted by Crippen LogP contribution is -2.39. The van der Waals surface area contributed by atoms with Gasteiger partial charge in [-0.05, 0) is 35.6 Å². The van der Waals surface area contributed by atoms with Crippen molar-refractivity contribution in [1.29, 1.82) is 0 Å². The normalized spacial score (nSPS) is 12.0. The Morgan fingerprint density at radius 2 is 1.78 bits per heavy atom. The van der Waals surface area contributed by atoms with Crippen molar-refractivity contribution in [2.24, 2.45) is 4.99 Å². The molecule has 0 spiro atoms. The van der Waals surface area contributed by atoms with E-state index in [0.29, 0.717) is 5.92 Å². The minimum atomic E-state index is 0. The fourth-order valence-electron chi connectivity index (χ4n) is 3.51. The number of benzene rings is 2. The SMILES string of the molecule is CN=C(NCCc1nccn1Cc1ccccc1)NCCC(C)c1ccc(OC)cc1.I. The van der Waals surface area contributed by atoms with Crippen LogP contribution in [0.1, 0.15) is 36.2 Å². The average Bonchev–Trinajstić information content (AvgIpc) is 3.25. The molecule has 0 bridgehead atoms. The Morgan fingerprint density at radius 1 is 1.06 bits per heavy atom. The van der Waals surface area contributed by atoms with Gasteiger partial charge in [0.2, 0.25) is 0 Å². The Kier molecular flexibility index (Phi) is 11.1. The summed E-state index contributed by atoms with van der Waals surface area (Å²) in [6, 6.07) is 18.8. The highest BCUT2D eigenvalue weighted by Gasteiger charge is 2.07. The molecule has 0 fully saturated rings. The number of aliphatic imine (C=N–C) groups is 1. The van der Waals surface area contributed by atoms with Crippen LogP contribution in [0.15, 0.2) is 72.0 Å². The predicted octanol–water partition coefficient (Wildman–Crippen LogP) is 4.46. The lowest BCUT2D eigenvalue weighted by Gasteiger charge is -2.16. The van der Waals surface area contributed by atoms with Crippen molar-refractivity contribution in [3.63, 3.8) is 0 Å². The fourth-order valence-corrected chi connectivity index (χ4v) is 3.51. The standard InChI is InChI=1S/C25H33N5O.HI/c1-20(22-9-11-23(31-3)12-10-22)13-15-28-25(26-2)29-16-14-24-27-17-18-30(24)19-21-7-5-4-6-8-21;/h4-12,17-18,20H,13-16,19H2,1-3H3,(H2,26,28,29);1H. The maximum Gasteiger partial charge on any atom is 0.190 e. The molecule has 6 nitrogen and oxygen atoms in total. The summed E-state index contributed by atoms with van der Waals surface area (Å²) in [6.07, 6.45) is 5.76. The van der Waals surface area contributed by atoms with Gasteiger partial charge in [-0.15, -0.1) is 24.0 Å². The summed E-state index contributed by atoms with van der Waals surface area (Å²) in [7, 11) is 3.50. The molecule has 0 amide bonds. The van der Waals surface area contributed by atoms with Crippen LogP contribution in [0.3, 0.4) is 0 Å². The summed E-state index contributed by atoms with van der Waals surface area (Å²) >= 11 is 0. The second kappa shape index (κ2) is 13.8. The minimum absolute atomic E-state index is 0. The van der Waals surface area contributed by atoms with E-state index in [1.165, 1.54) is 11.1 Å². The van der Waals surface area contributed by atoms with Gasteiger partial charge in [-0.2, -0.15) is 0 Å². The number of hydrogen-bond acceptors (Lipinski definition) is 3. The molecular weight excluding hydrogens is 513 g/mol. The molecule has 2 aromatic carbocycles. The van der Waals surface area contributed by atoms with Crippen molar-refractivity contribution in [3.8, 4) is 5.75 Å². The number of rotatable bonds is 10. The van der Waals surface area contributed by atoms with Crippen molar-refractivity contribution in [2.75, 3.05) is 27.2 Å². The molecule has 3 rings (SSSR count). The van der Waals surface area contributed by atoms with Crippen molar-refractivity contribution in [3.05, 3.63) is 83.9 Å². The molecule has 0 aliphatic rings. The average molecular weight is 547 g/mol. The molecule has 0 saturated carbocycles. The molecule has 1 unspecified atom stereocenters. The zero-order chi connectivity index (χ0) is 21.9. The van der Waals surface area contributed by atoms with Gasteiger partial charge in [0, 0.05) is 45.5 Å². The maximum absolute atomic E-state index is 5.24. The van der Waals surface area contributed by atoms with Crippen LogP contribution in [0.4, 0.5) is 0 Å². The van der Waals surface area contributed by atoms with E-state index < -0.39 is 0 Å². The third kappa shape index (κ3) is 7.85. The topological polar surface area (TPSA) is 63.5 Å². The number of ether oxygens (including phenoxy) is 1. The van der Waals surface area contributed by atoms with E-state index in [1.54, 1.807) is 14.2 Å². The van der Waals surface area contributed by atoms with Crippen molar-refractivity contribution < 1.29 is 4.74 Å². The van der Waals surface area contributed by atoms with Crippen LogP contribution in [0, 0.1) is 0 Å². The highest BCUT2D eigenvalue weighted by atomic mass is 127. The second-order valence-electron chi connectivity index (χ2n) is 7.60. The quantitative estimate of drug-likeness (QED) is 0.224. The van der Waals surface area contributed by atoms with Crippen LogP contribution in [0.5, 0.6) is 5.75 Å². The number of guanidine groups is 1. The largest absolute Gasteiger partial charge is 0.497 e. The second-order valence-corrected chi connectivity index (χ2v) is 7.60. The van der Waals surface area contributed by atoms with Crippen molar-refractivity contribution in [1.82, 2.24) is 20.2 Å². The molecule has 1 atom stereocenters. The summed E-state index contributed by atoms with van der Waals surface area (Å²) in [4.78, 5) is 8.86. The molecule has 1 heterocycles. The summed E-state index contributed by atoms with van der Waals surface area (Å²) in [6.45, 7) is 4.72. The lowest BCUT2D eigenvalue weighted by atomic mass is 9.98. The molecule has 0 aliphatic carbocycles. The van der Waals surface area contributed by atoms with Crippen LogP contribution in [0.25, 0.3) is 0 Å².